The van der Waals surface area contributed by atoms with Crippen LogP contribution in [-0.4, -0.2) is 25.5 Å². The van der Waals surface area contributed by atoms with Gasteiger partial charge in [-0.1, -0.05) is 18.2 Å². The molecule has 0 spiro atoms. The normalized spacial score (nSPS) is 9.75. The van der Waals surface area contributed by atoms with Crippen molar-refractivity contribution < 1.29 is 29.7 Å². The number of halogens is 1. The first-order chi connectivity index (χ1) is 9.84. The summed E-state index contributed by atoms with van der Waals surface area (Å²) in [4.78, 5) is 24.0. The Morgan fingerprint density at radius 3 is 2.70 bits per heavy atom. The van der Waals surface area contributed by atoms with E-state index in [1.165, 1.54) is 17.3 Å². The maximum absolute atomic E-state index is 12.0. The van der Waals surface area contributed by atoms with Crippen LogP contribution in [0.3, 0.4) is 0 Å². The molecule has 0 fully saturated rings. The predicted octanol–water partition coefficient (Wildman–Crippen LogP) is 1.90. The van der Waals surface area contributed by atoms with Gasteiger partial charge in [0.15, 0.2) is 5.65 Å². The van der Waals surface area contributed by atoms with Gasteiger partial charge in [-0.3, -0.25) is 10.2 Å². The molecule has 0 atom stereocenters. The summed E-state index contributed by atoms with van der Waals surface area (Å²) < 4.78 is 1.48. The first-order valence-electron chi connectivity index (χ1n) is 5.61. The van der Waals surface area contributed by atoms with Crippen LogP contribution >= 0.6 is 8.25 Å². The molecule has 0 unspecified atom stereocenters. The monoisotopic (exact) mass is 476 g/mol. The number of benzene rings is 1. The van der Waals surface area contributed by atoms with Crippen molar-refractivity contribution in [2.24, 2.45) is 0 Å². The first-order valence-corrected chi connectivity index (χ1v) is 12.4. The molecule has 3 aromatic rings. The van der Waals surface area contributed by atoms with Gasteiger partial charge in [0.2, 0.25) is 0 Å². The predicted molar refractivity (Wildman–Crippen MR) is 71.3 cm³/mol. The third-order valence-electron chi connectivity index (χ3n) is 2.47. The number of nitrogens with zero attached hydrogens (tertiary/aromatic N) is 4. The molecule has 0 aliphatic rings. The van der Waals surface area contributed by atoms with E-state index >= 15 is 0 Å². The number of hydrogen-bond acceptors (Lipinski definition) is 4. The molecule has 0 aliphatic carbocycles. The van der Waals surface area contributed by atoms with Crippen LogP contribution in [-0.2, 0) is 24.9 Å². The number of fused-ring (bicyclic) bond motifs is 1. The Morgan fingerprint density at radius 2 is 1.95 bits per heavy atom. The molecular weight excluding hydrogens is 466 g/mol. The molecule has 6 nitrogen and oxygen atoms in total. The zero-order valence-electron chi connectivity index (χ0n) is 10.4. The van der Waals surface area contributed by atoms with E-state index in [1.54, 1.807) is 18.3 Å². The first kappa shape index (κ1) is 14.9. The number of imidazole rings is 1. The van der Waals surface area contributed by atoms with E-state index in [-0.39, 0.29) is 5.91 Å². The summed E-state index contributed by atoms with van der Waals surface area (Å²) in [6.07, 6.45) is 4.50. The van der Waals surface area contributed by atoms with E-state index in [1.807, 2.05) is 18.2 Å². The van der Waals surface area contributed by atoms with Crippen molar-refractivity contribution in [3.8, 4) is 0 Å². The Kier molecular flexibility index (Phi) is 5.43. The van der Waals surface area contributed by atoms with Crippen LogP contribution in [0.2, 0.25) is 0 Å². The van der Waals surface area contributed by atoms with Crippen LogP contribution < -0.4 is 5.43 Å². The van der Waals surface area contributed by atoms with Crippen LogP contribution in [0.5, 0.6) is 0 Å². The van der Waals surface area contributed by atoms with Crippen molar-refractivity contribution in [3.63, 3.8) is 0 Å². The Hall–Kier alpha value is -1.53. The van der Waals surface area contributed by atoms with Gasteiger partial charge in [0, 0.05) is 5.56 Å². The Labute approximate surface area is 134 Å². The average molecular weight is 475 g/mol. The fourth-order valence-electron chi connectivity index (χ4n) is 1.61. The summed E-state index contributed by atoms with van der Waals surface area (Å²) in [6.45, 7) is 0. The third-order valence-corrected chi connectivity index (χ3v) is 2.47. The summed E-state index contributed by atoms with van der Waals surface area (Å²) in [5.41, 5.74) is 4.48. The second kappa shape index (κ2) is 7.30. The van der Waals surface area contributed by atoms with Crippen molar-refractivity contribution in [1.29, 1.82) is 0 Å². The number of hydrogen-bond donors (Lipinski definition) is 1. The van der Waals surface area contributed by atoms with Gasteiger partial charge in [0.1, 0.15) is 18.2 Å². The van der Waals surface area contributed by atoms with Gasteiger partial charge in [-0.15, -0.1) is 0 Å². The molecule has 20 heavy (non-hydrogen) atoms. The van der Waals surface area contributed by atoms with Crippen molar-refractivity contribution in [1.82, 2.24) is 19.6 Å². The second-order valence-electron chi connectivity index (χ2n) is 3.65. The standard InChI is InChI=1S/C12H9N5O.ClH.Hg/c18-12(9-4-2-1-3-5-9)16-17-8-15-10-6-13-7-14-11(10)17;;/h1-8H,(H,16,18);1H;/q;;+1/p-1. The molecule has 97 valence electrons. The molecule has 3 rings (SSSR count). The van der Waals surface area contributed by atoms with Gasteiger partial charge in [0.05, 0.1) is 6.20 Å². The Morgan fingerprint density at radius 1 is 1.20 bits per heavy atom. The number of rotatable bonds is 2. The van der Waals surface area contributed by atoms with E-state index in [4.69, 9.17) is 8.25 Å². The molecule has 0 saturated carbocycles. The average Bonchev–Trinajstić information content (AvgIpc) is 2.93. The Bertz CT molecular complexity index is 703. The summed E-state index contributed by atoms with van der Waals surface area (Å²) in [5.74, 6) is -0.214. The van der Waals surface area contributed by atoms with Crippen LogP contribution in [0, 0.1) is 0 Å². The summed E-state index contributed by atoms with van der Waals surface area (Å²) in [5, 5.41) is 0. The van der Waals surface area contributed by atoms with Gasteiger partial charge in [-0.05, 0) is 12.1 Å². The summed E-state index contributed by atoms with van der Waals surface area (Å²) >= 11 is 0.500. The quantitative estimate of drug-likeness (QED) is 0.575. The van der Waals surface area contributed by atoms with Gasteiger partial charge in [-0.25, -0.2) is 19.6 Å². The maximum atomic E-state index is 12.0. The number of amides is 1. The molecule has 1 aromatic carbocycles. The van der Waals surface area contributed by atoms with E-state index in [0.29, 0.717) is 41.6 Å². The van der Waals surface area contributed by atoms with E-state index in [9.17, 15) is 4.79 Å². The number of carbonyl (C=O) groups is 1. The van der Waals surface area contributed by atoms with Crippen LogP contribution in [0.15, 0.2) is 49.2 Å². The fourth-order valence-corrected chi connectivity index (χ4v) is 1.61. The van der Waals surface area contributed by atoms with E-state index < -0.39 is 0 Å². The minimum atomic E-state index is -0.214. The van der Waals surface area contributed by atoms with Crippen molar-refractivity contribution in [2.75, 3.05) is 5.43 Å². The van der Waals surface area contributed by atoms with E-state index in [2.05, 4.69) is 20.4 Å². The number of nitrogens with one attached hydrogen (secondary N) is 1. The molecule has 0 saturated heterocycles. The molecule has 0 bridgehead atoms. The molecule has 1 N–H and O–H groups in total. The van der Waals surface area contributed by atoms with Crippen molar-refractivity contribution in [3.05, 3.63) is 54.7 Å². The molecule has 0 aliphatic heterocycles. The molecule has 1 amide bonds. The van der Waals surface area contributed by atoms with Crippen molar-refractivity contribution in [2.45, 2.75) is 0 Å². The second-order valence-corrected chi connectivity index (χ2v) is 3.65. The zero-order chi connectivity index (χ0) is 14.4. The summed E-state index contributed by atoms with van der Waals surface area (Å²) in [6, 6.07) is 8.95. The molecular formula is C12H9ClHgN5O. The summed E-state index contributed by atoms with van der Waals surface area (Å²) in [7, 11) is 4.83. The van der Waals surface area contributed by atoms with Gasteiger partial charge >= 0.3 is 33.1 Å². The topological polar surface area (TPSA) is 72.7 Å². The molecule has 2 heterocycles. The van der Waals surface area contributed by atoms with Crippen LogP contribution in [0.1, 0.15) is 10.4 Å². The van der Waals surface area contributed by atoms with Gasteiger partial charge < -0.3 is 0 Å². The number of aromatic nitrogens is 4. The van der Waals surface area contributed by atoms with Gasteiger partial charge in [-0.2, -0.15) is 0 Å². The molecule has 0 radical (unpaired) electrons. The number of carbonyl (C=O) groups excluding carboxylic acids is 1. The van der Waals surface area contributed by atoms with Gasteiger partial charge in [0.25, 0.3) is 5.91 Å². The van der Waals surface area contributed by atoms with Crippen molar-refractivity contribution >= 4 is 25.3 Å². The fraction of sp³-hybridized carbons (Fsp3) is 0. The Balaban J connectivity index is 0.000000704. The molecule has 8 heteroatoms. The minimum absolute atomic E-state index is 0.214. The zero-order valence-corrected chi connectivity index (χ0v) is 16.7. The van der Waals surface area contributed by atoms with E-state index in [0.717, 1.165) is 0 Å². The van der Waals surface area contributed by atoms with Crippen LogP contribution in [0.25, 0.3) is 11.2 Å². The van der Waals surface area contributed by atoms with Crippen LogP contribution in [0.4, 0.5) is 0 Å². The molecule has 2 aromatic heterocycles. The third kappa shape index (κ3) is 3.32. The SMILES string of the molecule is O=C(Nn1cnc2cncnc21)c1ccccc1.[Cl][Hg].